The van der Waals surface area contributed by atoms with E-state index in [0.29, 0.717) is 11.3 Å². The second-order valence-electron chi connectivity index (χ2n) is 5.23. The van der Waals surface area contributed by atoms with Gasteiger partial charge in [-0.1, -0.05) is 29.8 Å². The van der Waals surface area contributed by atoms with Crippen molar-refractivity contribution in [1.82, 2.24) is 4.98 Å². The van der Waals surface area contributed by atoms with Crippen LogP contribution in [-0.2, 0) is 4.79 Å². The van der Waals surface area contributed by atoms with Crippen LogP contribution in [-0.4, -0.2) is 16.0 Å². The second-order valence-corrected chi connectivity index (χ2v) is 5.59. The molecule has 0 spiro atoms. The summed E-state index contributed by atoms with van der Waals surface area (Å²) in [5.74, 6) is -0.486. The van der Waals surface area contributed by atoms with Crippen LogP contribution in [0.3, 0.4) is 0 Å². The molecule has 1 amide bonds. The molecule has 2 N–H and O–H groups in total. The largest absolute Gasteiger partial charge is 0.508 e. The molecule has 3 aromatic rings. The third kappa shape index (κ3) is 3.77. The summed E-state index contributed by atoms with van der Waals surface area (Å²) in [5, 5.41) is 22.2. The Morgan fingerprint density at radius 1 is 1.20 bits per heavy atom. The number of rotatable bonds is 3. The Bertz CT molecular complexity index is 1020. The van der Waals surface area contributed by atoms with E-state index in [0.717, 1.165) is 10.9 Å². The fourth-order valence-corrected chi connectivity index (χ4v) is 2.46. The number of aromatic nitrogens is 1. The molecule has 0 atom stereocenters. The van der Waals surface area contributed by atoms with Gasteiger partial charge in [0.1, 0.15) is 22.5 Å². The Kier molecular flexibility index (Phi) is 4.64. The van der Waals surface area contributed by atoms with E-state index in [1.807, 2.05) is 30.3 Å². The van der Waals surface area contributed by atoms with E-state index in [-0.39, 0.29) is 16.5 Å². The van der Waals surface area contributed by atoms with E-state index in [2.05, 4.69) is 10.3 Å². The van der Waals surface area contributed by atoms with Crippen LogP contribution in [0.25, 0.3) is 17.0 Å². The van der Waals surface area contributed by atoms with Gasteiger partial charge in [0.05, 0.1) is 5.52 Å². The molecule has 2 aromatic carbocycles. The first-order chi connectivity index (χ1) is 12.1. The van der Waals surface area contributed by atoms with Crippen molar-refractivity contribution >= 4 is 40.2 Å². The lowest BCUT2D eigenvalue weighted by atomic mass is 10.1. The maximum atomic E-state index is 12.3. The molecule has 122 valence electrons. The molecule has 0 aliphatic rings. The summed E-state index contributed by atoms with van der Waals surface area (Å²) in [6.07, 6.45) is 1.40. The number of carbonyl (C=O) groups excluding carboxylic acids is 1. The average molecular weight is 350 g/mol. The van der Waals surface area contributed by atoms with Crippen LogP contribution in [0.5, 0.6) is 5.75 Å². The number of nitrogens with one attached hydrogen (secondary N) is 1. The lowest BCUT2D eigenvalue weighted by molar-refractivity contribution is -0.112. The number of pyridine rings is 1. The number of hydrogen-bond acceptors (Lipinski definition) is 4. The number of amides is 1. The number of nitrogens with zero attached hydrogens (tertiary/aromatic N) is 2. The SMILES string of the molecule is N#CC(=Cc1cc2ccccc2nc1Cl)C(=O)Nc1ccc(O)cc1. The van der Waals surface area contributed by atoms with Gasteiger partial charge >= 0.3 is 0 Å². The first kappa shape index (κ1) is 16.5. The summed E-state index contributed by atoms with van der Waals surface area (Å²) in [4.78, 5) is 16.5. The second kappa shape index (κ2) is 7.04. The molecule has 0 saturated carbocycles. The molecule has 1 heterocycles. The van der Waals surface area contributed by atoms with E-state index < -0.39 is 5.91 Å². The Hall–Kier alpha value is -3.36. The predicted molar refractivity (Wildman–Crippen MR) is 97.1 cm³/mol. The van der Waals surface area contributed by atoms with Crippen LogP contribution in [0.1, 0.15) is 5.56 Å². The Morgan fingerprint density at radius 3 is 2.64 bits per heavy atom. The number of aromatic hydroxyl groups is 1. The third-order valence-electron chi connectivity index (χ3n) is 3.49. The van der Waals surface area contributed by atoms with Gasteiger partial charge in [0, 0.05) is 16.6 Å². The molecule has 25 heavy (non-hydrogen) atoms. The normalized spacial score (nSPS) is 11.1. The highest BCUT2D eigenvalue weighted by Gasteiger charge is 2.12. The number of fused-ring (bicyclic) bond motifs is 1. The van der Waals surface area contributed by atoms with E-state index in [1.165, 1.54) is 30.3 Å². The number of phenols is 1. The molecule has 3 rings (SSSR count). The van der Waals surface area contributed by atoms with E-state index >= 15 is 0 Å². The average Bonchev–Trinajstić information content (AvgIpc) is 2.61. The predicted octanol–water partition coefficient (Wildman–Crippen LogP) is 4.14. The van der Waals surface area contributed by atoms with Crippen LogP contribution < -0.4 is 5.32 Å². The van der Waals surface area contributed by atoms with Crippen molar-refractivity contribution in [2.24, 2.45) is 0 Å². The maximum Gasteiger partial charge on any atom is 0.266 e. The molecule has 1 aromatic heterocycles. The van der Waals surface area contributed by atoms with Crippen molar-refractivity contribution in [3.8, 4) is 11.8 Å². The molecule has 0 saturated heterocycles. The Morgan fingerprint density at radius 2 is 1.92 bits per heavy atom. The number of para-hydroxylation sites is 1. The lowest BCUT2D eigenvalue weighted by Crippen LogP contribution is -2.13. The summed E-state index contributed by atoms with van der Waals surface area (Å²) in [6.45, 7) is 0. The number of benzene rings is 2. The summed E-state index contributed by atoms with van der Waals surface area (Å²) in [5.41, 5.74) is 1.58. The minimum Gasteiger partial charge on any atom is -0.508 e. The molecule has 0 radical (unpaired) electrons. The highest BCUT2D eigenvalue weighted by molar-refractivity contribution is 6.31. The molecule has 0 unspecified atom stereocenters. The van der Waals surface area contributed by atoms with Crippen LogP contribution in [0.15, 0.2) is 60.2 Å². The molecule has 6 heteroatoms. The topological polar surface area (TPSA) is 86.0 Å². The fourth-order valence-electron chi connectivity index (χ4n) is 2.26. The van der Waals surface area contributed by atoms with Gasteiger partial charge in [-0.3, -0.25) is 4.79 Å². The number of nitriles is 1. The van der Waals surface area contributed by atoms with Crippen molar-refractivity contribution in [3.63, 3.8) is 0 Å². The molecular formula is C19H12ClN3O2. The van der Waals surface area contributed by atoms with Crippen molar-refractivity contribution in [1.29, 1.82) is 5.26 Å². The maximum absolute atomic E-state index is 12.3. The van der Waals surface area contributed by atoms with Gasteiger partial charge in [-0.05, 0) is 42.5 Å². The highest BCUT2D eigenvalue weighted by atomic mass is 35.5. The third-order valence-corrected chi connectivity index (χ3v) is 3.80. The molecule has 0 bridgehead atoms. The zero-order valence-electron chi connectivity index (χ0n) is 12.9. The summed E-state index contributed by atoms with van der Waals surface area (Å²) in [6, 6.07) is 17.0. The first-order valence-corrected chi connectivity index (χ1v) is 7.72. The van der Waals surface area contributed by atoms with Crippen LogP contribution >= 0.6 is 11.6 Å². The number of anilines is 1. The van der Waals surface area contributed by atoms with Crippen LogP contribution in [0.4, 0.5) is 5.69 Å². The number of hydrogen-bond donors (Lipinski definition) is 2. The van der Waals surface area contributed by atoms with Gasteiger partial charge in [0.2, 0.25) is 0 Å². The molecule has 0 aliphatic heterocycles. The number of halogens is 1. The quantitative estimate of drug-likeness (QED) is 0.322. The van der Waals surface area contributed by atoms with E-state index in [1.54, 1.807) is 6.07 Å². The van der Waals surface area contributed by atoms with Crippen molar-refractivity contribution in [2.45, 2.75) is 0 Å². The van der Waals surface area contributed by atoms with Gasteiger partial charge in [-0.25, -0.2) is 4.98 Å². The van der Waals surface area contributed by atoms with Gasteiger partial charge in [-0.15, -0.1) is 0 Å². The smallest absolute Gasteiger partial charge is 0.266 e. The zero-order valence-corrected chi connectivity index (χ0v) is 13.7. The van der Waals surface area contributed by atoms with Crippen molar-refractivity contribution in [3.05, 3.63) is 70.9 Å². The van der Waals surface area contributed by atoms with Gasteiger partial charge in [-0.2, -0.15) is 5.26 Å². The van der Waals surface area contributed by atoms with E-state index in [4.69, 9.17) is 11.6 Å². The molecule has 0 fully saturated rings. The van der Waals surface area contributed by atoms with Crippen LogP contribution in [0.2, 0.25) is 5.15 Å². The number of carbonyl (C=O) groups is 1. The molecular weight excluding hydrogens is 338 g/mol. The Balaban J connectivity index is 1.92. The summed E-state index contributed by atoms with van der Waals surface area (Å²) < 4.78 is 0. The van der Waals surface area contributed by atoms with E-state index in [9.17, 15) is 15.2 Å². The summed E-state index contributed by atoms with van der Waals surface area (Å²) in [7, 11) is 0. The lowest BCUT2D eigenvalue weighted by Gasteiger charge is -2.06. The zero-order chi connectivity index (χ0) is 17.8. The van der Waals surface area contributed by atoms with Gasteiger partial charge in [0.15, 0.2) is 0 Å². The van der Waals surface area contributed by atoms with Crippen LogP contribution in [0, 0.1) is 11.3 Å². The van der Waals surface area contributed by atoms with Gasteiger partial charge < -0.3 is 10.4 Å². The minimum atomic E-state index is -0.572. The Labute approximate surface area is 148 Å². The highest BCUT2D eigenvalue weighted by Crippen LogP contribution is 2.23. The first-order valence-electron chi connectivity index (χ1n) is 7.34. The van der Waals surface area contributed by atoms with Gasteiger partial charge in [0.25, 0.3) is 5.91 Å². The standard InChI is InChI=1S/C19H12ClN3O2/c20-18-13(9-12-3-1-2-4-17(12)23-18)10-14(11-21)19(25)22-15-5-7-16(24)8-6-15/h1-10,24H,(H,22,25). The van der Waals surface area contributed by atoms with Crippen molar-refractivity contribution < 1.29 is 9.90 Å². The fraction of sp³-hybridized carbons (Fsp3) is 0. The van der Waals surface area contributed by atoms with Crippen molar-refractivity contribution in [2.75, 3.05) is 5.32 Å². The molecule has 5 nitrogen and oxygen atoms in total. The molecule has 0 aliphatic carbocycles. The monoisotopic (exact) mass is 349 g/mol. The summed E-state index contributed by atoms with van der Waals surface area (Å²) >= 11 is 6.16. The minimum absolute atomic E-state index is 0.0862. The number of phenolic OH excluding ortho intramolecular Hbond substituents is 1.